The van der Waals surface area contributed by atoms with E-state index in [2.05, 4.69) is 0 Å². The number of epoxide rings is 1. The van der Waals surface area contributed by atoms with Crippen molar-refractivity contribution < 1.29 is 9.84 Å². The predicted octanol–water partition coefficient (Wildman–Crippen LogP) is 0.791. The Morgan fingerprint density at radius 2 is 1.83 bits per heavy atom. The summed E-state index contributed by atoms with van der Waals surface area (Å²) < 4.78 is 5.61. The van der Waals surface area contributed by atoms with Gasteiger partial charge >= 0.3 is 0 Å². The van der Waals surface area contributed by atoms with E-state index in [9.17, 15) is 5.11 Å². The van der Waals surface area contributed by atoms with Crippen LogP contribution in [0.1, 0.15) is 19.3 Å². The topological polar surface area (TPSA) is 32.8 Å². The van der Waals surface area contributed by atoms with E-state index in [0.29, 0.717) is 18.1 Å². The van der Waals surface area contributed by atoms with Gasteiger partial charge in [0.25, 0.3) is 0 Å². The van der Waals surface area contributed by atoms with Crippen LogP contribution in [0.15, 0.2) is 0 Å². The third-order valence-corrected chi connectivity index (χ3v) is 4.73. The first kappa shape index (κ1) is 6.39. The lowest BCUT2D eigenvalue weighted by molar-refractivity contribution is 0.0882. The summed E-state index contributed by atoms with van der Waals surface area (Å²) in [5.41, 5.74) is 0. The molecule has 1 aliphatic heterocycles. The van der Waals surface area contributed by atoms with Gasteiger partial charge in [-0.3, -0.25) is 0 Å². The number of aliphatic hydroxyl groups excluding tert-OH is 1. The van der Waals surface area contributed by atoms with Crippen LogP contribution >= 0.6 is 0 Å². The minimum absolute atomic E-state index is 0.00940. The molecule has 2 nitrogen and oxygen atoms in total. The fraction of sp³-hybridized carbons (Fsp3) is 1.00. The van der Waals surface area contributed by atoms with Crippen LogP contribution in [-0.4, -0.2) is 23.4 Å². The van der Waals surface area contributed by atoms with Gasteiger partial charge in [-0.2, -0.15) is 0 Å². The summed E-state index contributed by atoms with van der Waals surface area (Å²) in [5, 5.41) is 9.80. The fourth-order valence-corrected chi connectivity index (χ4v) is 4.34. The molecular formula is C10H14O2. The number of hydrogen-bond donors (Lipinski definition) is 1. The molecule has 66 valence electrons. The SMILES string of the molecule is OC1CCC2C3CC(C4OC34)C12. The second-order valence-corrected chi connectivity index (χ2v) is 5.01. The van der Waals surface area contributed by atoms with Crippen molar-refractivity contribution in [3.8, 4) is 0 Å². The Labute approximate surface area is 71.9 Å². The molecule has 0 amide bonds. The Hall–Kier alpha value is -0.0800. The van der Waals surface area contributed by atoms with Crippen LogP contribution in [0.3, 0.4) is 0 Å². The highest BCUT2D eigenvalue weighted by atomic mass is 16.6. The molecule has 4 rings (SSSR count). The van der Waals surface area contributed by atoms with Crippen molar-refractivity contribution in [2.75, 3.05) is 0 Å². The van der Waals surface area contributed by atoms with Crippen LogP contribution in [0.4, 0.5) is 0 Å². The van der Waals surface area contributed by atoms with Gasteiger partial charge in [-0.15, -0.1) is 0 Å². The minimum Gasteiger partial charge on any atom is -0.393 e. The van der Waals surface area contributed by atoms with Crippen molar-refractivity contribution in [3.05, 3.63) is 0 Å². The zero-order chi connectivity index (χ0) is 7.87. The van der Waals surface area contributed by atoms with Gasteiger partial charge in [0, 0.05) is 0 Å². The van der Waals surface area contributed by atoms with Crippen molar-refractivity contribution in [3.63, 3.8) is 0 Å². The number of hydrogen-bond acceptors (Lipinski definition) is 2. The van der Waals surface area contributed by atoms with Gasteiger partial charge in [0.2, 0.25) is 0 Å². The van der Waals surface area contributed by atoms with Crippen LogP contribution in [0.25, 0.3) is 0 Å². The molecule has 7 atom stereocenters. The van der Waals surface area contributed by atoms with E-state index in [-0.39, 0.29) is 6.10 Å². The van der Waals surface area contributed by atoms with E-state index in [4.69, 9.17) is 4.74 Å². The van der Waals surface area contributed by atoms with Crippen molar-refractivity contribution in [1.29, 1.82) is 0 Å². The van der Waals surface area contributed by atoms with E-state index in [1.807, 2.05) is 0 Å². The molecule has 4 fully saturated rings. The second-order valence-electron chi connectivity index (χ2n) is 5.01. The quantitative estimate of drug-likeness (QED) is 0.540. The average molecular weight is 166 g/mol. The molecule has 0 spiro atoms. The van der Waals surface area contributed by atoms with E-state index >= 15 is 0 Å². The summed E-state index contributed by atoms with van der Waals surface area (Å²) in [4.78, 5) is 0. The van der Waals surface area contributed by atoms with Crippen LogP contribution < -0.4 is 0 Å². The normalized spacial score (nSPS) is 71.2. The largest absolute Gasteiger partial charge is 0.393 e. The van der Waals surface area contributed by atoms with Crippen LogP contribution in [-0.2, 0) is 4.74 Å². The average Bonchev–Trinajstić information content (AvgIpc) is 2.50. The van der Waals surface area contributed by atoms with Crippen LogP contribution in [0, 0.1) is 23.7 Å². The Morgan fingerprint density at radius 1 is 1.00 bits per heavy atom. The summed E-state index contributed by atoms with van der Waals surface area (Å²) in [7, 11) is 0. The maximum absolute atomic E-state index is 9.80. The van der Waals surface area contributed by atoms with Gasteiger partial charge in [-0.05, 0) is 42.9 Å². The first-order valence-corrected chi connectivity index (χ1v) is 5.20. The highest BCUT2D eigenvalue weighted by molar-refractivity contribution is 5.16. The van der Waals surface area contributed by atoms with E-state index in [0.717, 1.165) is 24.2 Å². The molecule has 1 N–H and O–H groups in total. The molecule has 0 radical (unpaired) electrons. The Morgan fingerprint density at radius 3 is 2.75 bits per heavy atom. The highest BCUT2D eigenvalue weighted by Crippen LogP contribution is 2.65. The zero-order valence-corrected chi connectivity index (χ0v) is 7.02. The summed E-state index contributed by atoms with van der Waals surface area (Å²) in [6.45, 7) is 0. The Balaban J connectivity index is 1.76. The molecule has 3 saturated carbocycles. The van der Waals surface area contributed by atoms with Crippen molar-refractivity contribution in [1.82, 2.24) is 0 Å². The molecule has 1 saturated heterocycles. The van der Waals surface area contributed by atoms with Gasteiger partial charge in [0.15, 0.2) is 0 Å². The van der Waals surface area contributed by atoms with E-state index in [1.165, 1.54) is 12.8 Å². The van der Waals surface area contributed by atoms with E-state index < -0.39 is 0 Å². The van der Waals surface area contributed by atoms with Crippen molar-refractivity contribution in [2.45, 2.75) is 37.6 Å². The summed E-state index contributed by atoms with van der Waals surface area (Å²) in [6.07, 6.45) is 4.89. The number of aliphatic hydroxyl groups is 1. The maximum atomic E-state index is 9.80. The molecule has 12 heavy (non-hydrogen) atoms. The monoisotopic (exact) mass is 166 g/mol. The molecule has 0 aromatic carbocycles. The standard InChI is InChI=1S/C10H14O2/c11-7-2-1-4-5-3-6(8(4)7)10-9(5)12-10/h4-11H,1-3H2. The molecule has 2 bridgehead atoms. The van der Waals surface area contributed by atoms with Crippen molar-refractivity contribution in [2.24, 2.45) is 23.7 Å². The third kappa shape index (κ3) is 0.521. The van der Waals surface area contributed by atoms with Crippen LogP contribution in [0.2, 0.25) is 0 Å². The summed E-state index contributed by atoms with van der Waals surface area (Å²) in [6, 6.07) is 0. The molecule has 0 aromatic heterocycles. The summed E-state index contributed by atoms with van der Waals surface area (Å²) in [5.74, 6) is 3.03. The Bertz CT molecular complexity index is 238. The molecule has 2 heteroatoms. The zero-order valence-electron chi connectivity index (χ0n) is 7.02. The fourth-order valence-electron chi connectivity index (χ4n) is 4.34. The number of fused-ring (bicyclic) bond motifs is 8. The predicted molar refractivity (Wildman–Crippen MR) is 42.5 cm³/mol. The highest BCUT2D eigenvalue weighted by Gasteiger charge is 2.69. The maximum Gasteiger partial charge on any atom is 0.0876 e. The van der Waals surface area contributed by atoms with Crippen LogP contribution in [0.5, 0.6) is 0 Å². The summed E-state index contributed by atoms with van der Waals surface area (Å²) >= 11 is 0. The Kier molecular flexibility index (Phi) is 0.921. The molecule has 0 aromatic rings. The minimum atomic E-state index is 0.00940. The lowest BCUT2D eigenvalue weighted by Gasteiger charge is -2.23. The molecule has 1 heterocycles. The lowest BCUT2D eigenvalue weighted by Crippen LogP contribution is -2.29. The van der Waals surface area contributed by atoms with E-state index in [1.54, 1.807) is 0 Å². The number of rotatable bonds is 0. The molecule has 4 aliphatic rings. The van der Waals surface area contributed by atoms with Gasteiger partial charge in [-0.25, -0.2) is 0 Å². The smallest absolute Gasteiger partial charge is 0.0876 e. The number of ether oxygens (including phenoxy) is 1. The van der Waals surface area contributed by atoms with Gasteiger partial charge < -0.3 is 9.84 Å². The second kappa shape index (κ2) is 1.73. The first-order chi connectivity index (χ1) is 5.86. The van der Waals surface area contributed by atoms with Gasteiger partial charge in [-0.1, -0.05) is 0 Å². The lowest BCUT2D eigenvalue weighted by atomic mass is 9.81. The third-order valence-electron chi connectivity index (χ3n) is 4.73. The molecular weight excluding hydrogens is 152 g/mol. The first-order valence-electron chi connectivity index (χ1n) is 5.20. The molecule has 7 unspecified atom stereocenters. The van der Waals surface area contributed by atoms with Gasteiger partial charge in [0.1, 0.15) is 0 Å². The van der Waals surface area contributed by atoms with Gasteiger partial charge in [0.05, 0.1) is 18.3 Å². The van der Waals surface area contributed by atoms with Crippen molar-refractivity contribution >= 4 is 0 Å². The molecule has 3 aliphatic carbocycles.